The molecule has 0 bridgehead atoms. The van der Waals surface area contributed by atoms with Crippen LogP contribution in [0.1, 0.15) is 10.4 Å². The second kappa shape index (κ2) is 5.36. The van der Waals surface area contributed by atoms with E-state index in [0.717, 1.165) is 11.3 Å². The number of carbonyl (C=O) groups is 1. The summed E-state index contributed by atoms with van der Waals surface area (Å²) in [4.78, 5) is 11.9. The molecule has 0 aliphatic heterocycles. The number of carbonyl (C=O) groups excluding carboxylic acids is 1. The van der Waals surface area contributed by atoms with Gasteiger partial charge in [-0.2, -0.15) is 0 Å². The Hall–Kier alpha value is -0.940. The highest BCUT2D eigenvalue weighted by Crippen LogP contribution is 2.32. The van der Waals surface area contributed by atoms with Crippen LogP contribution in [0.25, 0.3) is 0 Å². The third kappa shape index (κ3) is 2.90. The van der Waals surface area contributed by atoms with Crippen LogP contribution in [0.4, 0.5) is 11.4 Å². The number of nitrogens with two attached hydrogens (primary N) is 1. The Morgan fingerprint density at radius 1 is 1.22 bits per heavy atom. The van der Waals surface area contributed by atoms with Crippen LogP contribution in [-0.4, -0.2) is 5.91 Å². The topological polar surface area (TPSA) is 55.1 Å². The van der Waals surface area contributed by atoms with Crippen LogP contribution in [0, 0.1) is 0 Å². The molecule has 3 N–H and O–H groups in total. The van der Waals surface area contributed by atoms with Gasteiger partial charge in [-0.25, -0.2) is 0 Å². The zero-order valence-corrected chi connectivity index (χ0v) is 11.9. The highest BCUT2D eigenvalue weighted by molar-refractivity contribution is 7.20. The second-order valence-corrected chi connectivity index (χ2v) is 6.12. The molecule has 0 saturated heterocycles. The van der Waals surface area contributed by atoms with E-state index in [1.54, 1.807) is 18.2 Å². The first kappa shape index (κ1) is 13.5. The molecule has 0 atom stereocenters. The van der Waals surface area contributed by atoms with Gasteiger partial charge in [0.2, 0.25) is 0 Å². The number of hydrogen-bond acceptors (Lipinski definition) is 3. The smallest absolute Gasteiger partial charge is 0.258 e. The first-order chi connectivity index (χ1) is 8.47. The summed E-state index contributed by atoms with van der Waals surface area (Å²) in [5.74, 6) is -0.344. The molecule has 0 aliphatic carbocycles. The van der Waals surface area contributed by atoms with E-state index < -0.39 is 0 Å². The molecule has 0 radical (unpaired) electrons. The van der Waals surface area contributed by atoms with E-state index in [9.17, 15) is 4.79 Å². The van der Waals surface area contributed by atoms with Crippen LogP contribution >= 0.6 is 46.1 Å². The summed E-state index contributed by atoms with van der Waals surface area (Å²) < 4.78 is 0.805. The van der Waals surface area contributed by atoms with E-state index >= 15 is 0 Å². The summed E-state index contributed by atoms with van der Waals surface area (Å²) >= 11 is 18.7. The molecular formula is C11H7Cl3N2OS. The molecular weight excluding hydrogens is 315 g/mol. The van der Waals surface area contributed by atoms with Gasteiger partial charge in [-0.15, -0.1) is 11.3 Å². The van der Waals surface area contributed by atoms with Gasteiger partial charge in [0.15, 0.2) is 0 Å². The van der Waals surface area contributed by atoms with Crippen molar-refractivity contribution in [1.82, 2.24) is 0 Å². The molecule has 2 rings (SSSR count). The molecule has 0 aliphatic rings. The van der Waals surface area contributed by atoms with Crippen LogP contribution < -0.4 is 11.1 Å². The molecule has 0 saturated carbocycles. The number of benzene rings is 1. The highest BCUT2D eigenvalue weighted by Gasteiger charge is 2.14. The Balaban J connectivity index is 2.21. The summed E-state index contributed by atoms with van der Waals surface area (Å²) in [6.45, 7) is 0. The van der Waals surface area contributed by atoms with E-state index in [2.05, 4.69) is 5.32 Å². The molecule has 18 heavy (non-hydrogen) atoms. The molecule has 0 fully saturated rings. The highest BCUT2D eigenvalue weighted by atomic mass is 35.5. The maximum Gasteiger partial charge on any atom is 0.258 e. The van der Waals surface area contributed by atoms with Crippen molar-refractivity contribution < 1.29 is 4.79 Å². The van der Waals surface area contributed by atoms with E-state index in [-0.39, 0.29) is 5.91 Å². The number of nitrogens with one attached hydrogen (secondary N) is 1. The molecule has 2 aromatic rings. The number of halogens is 3. The predicted octanol–water partition coefficient (Wildman–Crippen LogP) is 4.54. The molecule has 0 spiro atoms. The Morgan fingerprint density at radius 3 is 2.50 bits per heavy atom. The van der Waals surface area contributed by atoms with Crippen molar-refractivity contribution in [3.63, 3.8) is 0 Å². The maximum atomic E-state index is 11.9. The van der Waals surface area contributed by atoms with Crippen LogP contribution in [0.15, 0.2) is 24.3 Å². The van der Waals surface area contributed by atoms with Gasteiger partial charge in [-0.3, -0.25) is 4.79 Å². The largest absolute Gasteiger partial charge is 0.398 e. The lowest BCUT2D eigenvalue weighted by Gasteiger charge is -2.06. The molecule has 1 aromatic carbocycles. The van der Waals surface area contributed by atoms with Crippen LogP contribution in [0.3, 0.4) is 0 Å². The van der Waals surface area contributed by atoms with Gasteiger partial charge in [0.1, 0.15) is 4.34 Å². The van der Waals surface area contributed by atoms with Gasteiger partial charge in [0.25, 0.3) is 5.91 Å². The average molecular weight is 322 g/mol. The van der Waals surface area contributed by atoms with Crippen LogP contribution in [0.2, 0.25) is 13.7 Å². The molecule has 1 amide bonds. The van der Waals surface area contributed by atoms with E-state index in [1.807, 2.05) is 0 Å². The molecule has 1 heterocycles. The minimum atomic E-state index is -0.344. The van der Waals surface area contributed by atoms with Crippen molar-refractivity contribution in [1.29, 1.82) is 0 Å². The fourth-order valence-corrected chi connectivity index (χ4v) is 2.94. The van der Waals surface area contributed by atoms with Gasteiger partial charge < -0.3 is 11.1 Å². The molecule has 1 aromatic heterocycles. The standard InChI is InChI=1S/C11H7Cl3N2OS/c12-7-3-5(1-2-8(7)15)16-11(17)6-4-9(13)18-10(6)14/h1-4H,15H2,(H,16,17). The third-order valence-corrected chi connectivity index (χ3v) is 3.97. The van der Waals surface area contributed by atoms with Gasteiger partial charge >= 0.3 is 0 Å². The molecule has 94 valence electrons. The Morgan fingerprint density at radius 2 is 1.94 bits per heavy atom. The summed E-state index contributed by atoms with van der Waals surface area (Å²) in [7, 11) is 0. The molecule has 3 nitrogen and oxygen atoms in total. The summed E-state index contributed by atoms with van der Waals surface area (Å²) in [6, 6.07) is 6.35. The van der Waals surface area contributed by atoms with Crippen molar-refractivity contribution in [2.45, 2.75) is 0 Å². The number of rotatable bonds is 2. The lowest BCUT2D eigenvalue weighted by molar-refractivity contribution is 0.102. The van der Waals surface area contributed by atoms with E-state index in [4.69, 9.17) is 40.5 Å². The minimum Gasteiger partial charge on any atom is -0.398 e. The first-order valence-corrected chi connectivity index (χ1v) is 6.73. The van der Waals surface area contributed by atoms with E-state index in [1.165, 1.54) is 6.07 Å². The second-order valence-electron chi connectivity index (χ2n) is 3.43. The Labute approximate surface area is 122 Å². The van der Waals surface area contributed by atoms with Crippen LogP contribution in [-0.2, 0) is 0 Å². The van der Waals surface area contributed by atoms with Gasteiger partial charge in [-0.05, 0) is 24.3 Å². The lowest BCUT2D eigenvalue weighted by Crippen LogP contribution is -2.11. The summed E-state index contributed by atoms with van der Waals surface area (Å²) in [5, 5.41) is 3.04. The van der Waals surface area contributed by atoms with Gasteiger partial charge in [-0.1, -0.05) is 34.8 Å². The molecule has 7 heteroatoms. The lowest BCUT2D eigenvalue weighted by atomic mass is 10.2. The fraction of sp³-hybridized carbons (Fsp3) is 0. The fourth-order valence-electron chi connectivity index (χ4n) is 1.30. The van der Waals surface area contributed by atoms with Crippen LogP contribution in [0.5, 0.6) is 0 Å². The predicted molar refractivity (Wildman–Crippen MR) is 78.2 cm³/mol. The van der Waals surface area contributed by atoms with Crippen molar-refractivity contribution in [2.24, 2.45) is 0 Å². The minimum absolute atomic E-state index is 0.333. The normalized spacial score (nSPS) is 10.4. The van der Waals surface area contributed by atoms with Crippen molar-refractivity contribution in [3.8, 4) is 0 Å². The van der Waals surface area contributed by atoms with Crippen molar-refractivity contribution >= 4 is 63.4 Å². The number of nitrogen functional groups attached to an aromatic ring is 1. The number of hydrogen-bond donors (Lipinski definition) is 2. The average Bonchev–Trinajstić information content (AvgIpc) is 2.63. The SMILES string of the molecule is Nc1ccc(NC(=O)c2cc(Cl)sc2Cl)cc1Cl. The van der Waals surface area contributed by atoms with Gasteiger partial charge in [0.05, 0.1) is 20.6 Å². The van der Waals surface area contributed by atoms with E-state index in [0.29, 0.717) is 30.6 Å². The third-order valence-electron chi connectivity index (χ3n) is 2.16. The Kier molecular flexibility index (Phi) is 4.02. The quantitative estimate of drug-likeness (QED) is 0.798. The van der Waals surface area contributed by atoms with Crippen molar-refractivity contribution in [3.05, 3.63) is 43.5 Å². The number of thiophene rings is 1. The Bertz CT molecular complexity index is 612. The van der Waals surface area contributed by atoms with Crippen molar-refractivity contribution in [2.75, 3.05) is 11.1 Å². The maximum absolute atomic E-state index is 11.9. The summed E-state index contributed by atoms with van der Waals surface area (Å²) in [6.07, 6.45) is 0. The monoisotopic (exact) mass is 320 g/mol. The number of anilines is 2. The zero-order chi connectivity index (χ0) is 13.3. The summed E-state index contributed by atoms with van der Waals surface area (Å²) in [5.41, 5.74) is 6.90. The number of amides is 1. The zero-order valence-electron chi connectivity index (χ0n) is 8.84. The molecule has 0 unspecified atom stereocenters. The van der Waals surface area contributed by atoms with Gasteiger partial charge in [0, 0.05) is 5.69 Å². The first-order valence-electron chi connectivity index (χ1n) is 4.78.